The van der Waals surface area contributed by atoms with E-state index in [1.54, 1.807) is 14.2 Å². The van der Waals surface area contributed by atoms with Gasteiger partial charge in [-0.05, 0) is 112 Å². The lowest BCUT2D eigenvalue weighted by molar-refractivity contribution is 0.184. The van der Waals surface area contributed by atoms with Crippen LogP contribution in [0.4, 0.5) is 11.6 Å². The molecule has 4 fully saturated rings. The number of rotatable bonds is 20. The highest BCUT2D eigenvalue weighted by atomic mass is 16.5. The second-order valence-electron chi connectivity index (χ2n) is 23.5. The molecule has 4 N–H and O–H groups in total. The molecular weight excluding hydrogens is 1010 g/mol. The Hall–Kier alpha value is -7.06. The number of nitrogens with one attached hydrogen (secondary N) is 4. The van der Waals surface area contributed by atoms with Crippen LogP contribution in [0.15, 0.2) is 79.3 Å². The van der Waals surface area contributed by atoms with Gasteiger partial charge in [0.1, 0.15) is 22.7 Å². The van der Waals surface area contributed by atoms with Gasteiger partial charge < -0.3 is 29.2 Å². The van der Waals surface area contributed by atoms with E-state index in [-0.39, 0.29) is 47.2 Å². The Labute approximate surface area is 466 Å². The molecule has 0 saturated heterocycles. The summed E-state index contributed by atoms with van der Waals surface area (Å²) in [5, 5.41) is 15.2. The number of aromatic amines is 2. The minimum absolute atomic E-state index is 0.0740. The molecule has 4 aliphatic rings. The van der Waals surface area contributed by atoms with Crippen molar-refractivity contribution in [2.45, 2.75) is 155 Å². The maximum atomic E-state index is 11.8. The average Bonchev–Trinajstić information content (AvgIpc) is 4.40. The summed E-state index contributed by atoms with van der Waals surface area (Å²) in [6.45, 7) is 11.8. The third-order valence-corrected chi connectivity index (χ3v) is 17.9. The van der Waals surface area contributed by atoms with E-state index in [9.17, 15) is 9.59 Å². The lowest BCUT2D eigenvalue weighted by Gasteiger charge is -2.32. The van der Waals surface area contributed by atoms with Crippen molar-refractivity contribution in [1.29, 1.82) is 0 Å². The smallest absolute Gasteiger partial charge is 0.384 e. The molecule has 80 heavy (non-hydrogen) atoms. The molecule has 2 aromatic carbocycles. The van der Waals surface area contributed by atoms with E-state index in [1.807, 2.05) is 12.1 Å². The van der Waals surface area contributed by atoms with Crippen molar-refractivity contribution in [2.24, 2.45) is 35.5 Å². The highest BCUT2D eigenvalue weighted by molar-refractivity contribution is 5.87. The van der Waals surface area contributed by atoms with Crippen LogP contribution >= 0.6 is 0 Å². The maximum absolute atomic E-state index is 11.8. The fourth-order valence-electron chi connectivity index (χ4n) is 12.5. The van der Waals surface area contributed by atoms with Crippen molar-refractivity contribution >= 4 is 34.0 Å². The largest absolute Gasteiger partial charge is 0.439 e. The van der Waals surface area contributed by atoms with E-state index < -0.39 is 11.5 Å². The van der Waals surface area contributed by atoms with Crippen molar-refractivity contribution < 1.29 is 18.5 Å². The minimum atomic E-state index is -0.641. The van der Waals surface area contributed by atoms with Crippen LogP contribution in [0.25, 0.3) is 45.6 Å². The summed E-state index contributed by atoms with van der Waals surface area (Å²) in [5.41, 5.74) is 5.23. The van der Waals surface area contributed by atoms with Gasteiger partial charge in [-0.1, -0.05) is 123 Å². The predicted octanol–water partition coefficient (Wildman–Crippen LogP) is 10.7. The predicted molar refractivity (Wildman–Crippen MR) is 306 cm³/mol. The average molecular weight is 1090 g/mol. The zero-order valence-electron chi connectivity index (χ0n) is 47.2. The molecule has 20 heteroatoms. The van der Waals surface area contributed by atoms with Crippen LogP contribution in [0.3, 0.4) is 0 Å². The Bertz CT molecular complexity index is 3190. The summed E-state index contributed by atoms with van der Waals surface area (Å²) in [4.78, 5) is 58.5. The molecule has 424 valence electrons. The molecule has 0 radical (unpaired) electrons. The molecule has 4 aliphatic carbocycles. The van der Waals surface area contributed by atoms with Crippen LogP contribution in [-0.2, 0) is 22.6 Å². The fraction of sp³-hybridized carbons (Fsp3) is 0.567. The van der Waals surface area contributed by atoms with Gasteiger partial charge in [0.05, 0.1) is 25.0 Å². The number of H-pyrrole nitrogens is 2. The third-order valence-electron chi connectivity index (χ3n) is 17.9. The first-order valence-corrected chi connectivity index (χ1v) is 29.3. The Morgan fingerprint density at radius 3 is 1.26 bits per heavy atom. The Morgan fingerprint density at radius 2 is 0.938 bits per heavy atom. The number of methoxy groups -OCH3 is 2. The Morgan fingerprint density at radius 1 is 0.550 bits per heavy atom. The number of anilines is 2. The molecule has 4 saturated carbocycles. The lowest BCUT2D eigenvalue weighted by Crippen LogP contribution is -2.31. The van der Waals surface area contributed by atoms with Crippen molar-refractivity contribution in [1.82, 2.24) is 59.3 Å². The number of hydrogen-bond donors (Lipinski definition) is 4. The second-order valence-corrected chi connectivity index (χ2v) is 23.5. The molecule has 0 aliphatic heterocycles. The first-order valence-electron chi connectivity index (χ1n) is 29.3. The second kappa shape index (κ2) is 24.8. The molecule has 6 heterocycles. The first-order chi connectivity index (χ1) is 39.0. The zero-order chi connectivity index (χ0) is 55.3. The van der Waals surface area contributed by atoms with Gasteiger partial charge in [0.25, 0.3) is 0 Å². The van der Waals surface area contributed by atoms with Gasteiger partial charge >= 0.3 is 11.5 Å². The van der Waals surface area contributed by atoms with Crippen LogP contribution in [0.1, 0.15) is 152 Å². The van der Waals surface area contributed by atoms with Crippen LogP contribution in [0.2, 0.25) is 0 Å². The van der Waals surface area contributed by atoms with Crippen molar-refractivity contribution in [3.8, 4) is 23.3 Å². The van der Waals surface area contributed by atoms with E-state index in [1.165, 1.54) is 89.9 Å². The molecule has 4 atom stereocenters. The number of hydrogen-bond acceptors (Lipinski definition) is 16. The van der Waals surface area contributed by atoms with Gasteiger partial charge in [-0.25, -0.2) is 39.5 Å². The number of nitrogens with zero attached hydrogens (tertiary/aromatic N) is 10. The quantitative estimate of drug-likeness (QED) is 0.0554. The Balaban J connectivity index is 0.000000169. The van der Waals surface area contributed by atoms with Crippen LogP contribution in [0.5, 0.6) is 0 Å². The van der Waals surface area contributed by atoms with E-state index in [4.69, 9.17) is 48.4 Å². The molecule has 6 aromatic heterocycles. The molecule has 20 nitrogen and oxygen atoms in total. The molecular formula is C60H78N14O6. The van der Waals surface area contributed by atoms with Crippen molar-refractivity contribution in [2.75, 3.05) is 38.1 Å². The van der Waals surface area contributed by atoms with Crippen LogP contribution in [-0.4, -0.2) is 98.8 Å². The Kier molecular flexibility index (Phi) is 17.0. The molecule has 0 amide bonds. The summed E-state index contributed by atoms with van der Waals surface area (Å²) in [6, 6.07) is 21.3. The summed E-state index contributed by atoms with van der Waals surface area (Å²) >= 11 is 0. The van der Waals surface area contributed by atoms with Crippen molar-refractivity contribution in [3.05, 3.63) is 105 Å². The lowest BCUT2D eigenvalue weighted by atomic mass is 9.80. The number of aromatic nitrogens is 12. The van der Waals surface area contributed by atoms with Gasteiger partial charge in [0.15, 0.2) is 22.9 Å². The van der Waals surface area contributed by atoms with E-state index in [0.29, 0.717) is 48.2 Å². The summed E-state index contributed by atoms with van der Waals surface area (Å²) in [7, 11) is 3.47. The van der Waals surface area contributed by atoms with Gasteiger partial charge in [0.2, 0.25) is 23.3 Å². The van der Waals surface area contributed by atoms with Crippen LogP contribution in [0, 0.1) is 35.5 Å². The highest BCUT2D eigenvalue weighted by Gasteiger charge is 2.34. The summed E-state index contributed by atoms with van der Waals surface area (Å²) in [5.74, 6) is 6.65. The molecule has 8 aromatic rings. The highest BCUT2D eigenvalue weighted by Crippen LogP contribution is 2.40. The standard InChI is InChI=1S/2C30H39N7O3/c2*1-18-12-14-20(15-13-18)16-37-24-25(31-19(2)21-10-7-11-21)32-27(28-35-30(38)40-36-28)33-26(24)34-29(37)23(17-39-3)22-8-5-4-6-9-22/h2*4-6,8-9,18-21,23H,7,10-17H2,1-3H3,(H,31,32,33)(H,35,36,38)/t2*18?,19-,20?,23?/m11/s1. The number of fused-ring (bicyclic) bond motifs is 2. The molecule has 0 spiro atoms. The molecule has 2 unspecified atom stereocenters. The normalized spacial score (nSPS) is 21.3. The fourth-order valence-corrected chi connectivity index (χ4v) is 12.5. The summed E-state index contributed by atoms with van der Waals surface area (Å²) in [6.07, 6.45) is 17.1. The van der Waals surface area contributed by atoms with Crippen LogP contribution < -0.4 is 22.1 Å². The third kappa shape index (κ3) is 12.2. The number of imidazole rings is 2. The minimum Gasteiger partial charge on any atom is -0.384 e. The maximum Gasteiger partial charge on any atom is 0.439 e. The van der Waals surface area contributed by atoms with Gasteiger partial charge in [-0.2, -0.15) is 0 Å². The molecule has 0 bridgehead atoms. The zero-order valence-corrected chi connectivity index (χ0v) is 47.2. The van der Waals surface area contributed by atoms with Gasteiger partial charge in [0, 0.05) is 39.4 Å². The van der Waals surface area contributed by atoms with E-state index >= 15 is 0 Å². The van der Waals surface area contributed by atoms with Gasteiger partial charge in [-0.15, -0.1) is 0 Å². The van der Waals surface area contributed by atoms with E-state index in [0.717, 1.165) is 70.4 Å². The van der Waals surface area contributed by atoms with Gasteiger partial charge in [-0.3, -0.25) is 19.0 Å². The van der Waals surface area contributed by atoms with Crippen molar-refractivity contribution in [3.63, 3.8) is 0 Å². The topological polar surface area (TPSA) is 247 Å². The molecule has 12 rings (SSSR count). The number of ether oxygens (including phenoxy) is 2. The first kappa shape index (κ1) is 54.9. The number of benzene rings is 2. The van der Waals surface area contributed by atoms with E-state index in [2.05, 4.69) is 116 Å². The summed E-state index contributed by atoms with van der Waals surface area (Å²) < 4.78 is 25.7. The monoisotopic (exact) mass is 1090 g/mol. The SMILES string of the molecule is COCC(c1ccccc1)c1nc2nc(-c3noc(=O)[nH]3)nc(N[C@H](C)C3CCC3)c2n1CC1CCC(C)CC1.COCC(c1ccccc1)c1nc2nc(-c3noc(=O)[nH]3)nc(N[C@H](C)C3CCC3)c2n1CC1CCC(C)CC1.